The van der Waals surface area contributed by atoms with Crippen molar-refractivity contribution in [2.45, 2.75) is 40.0 Å². The topological polar surface area (TPSA) is 72.2 Å². The third-order valence-electron chi connectivity index (χ3n) is 5.14. The Morgan fingerprint density at radius 1 is 1.26 bits per heavy atom. The number of fused-ring (bicyclic) bond motifs is 1. The molecule has 4 nitrogen and oxygen atoms in total. The summed E-state index contributed by atoms with van der Waals surface area (Å²) in [4.78, 5) is 25.9. The summed E-state index contributed by atoms with van der Waals surface area (Å²) in [6, 6.07) is 4.68. The van der Waals surface area contributed by atoms with Crippen molar-refractivity contribution in [3.05, 3.63) is 49.8 Å². The number of anilines is 1. The van der Waals surface area contributed by atoms with Gasteiger partial charge in [-0.05, 0) is 54.4 Å². The van der Waals surface area contributed by atoms with E-state index in [1.54, 1.807) is 12.1 Å². The van der Waals surface area contributed by atoms with Gasteiger partial charge in [0.15, 0.2) is 0 Å². The first-order valence-electron chi connectivity index (χ1n) is 8.78. The number of benzene rings is 1. The fourth-order valence-electron chi connectivity index (χ4n) is 3.52. The Morgan fingerprint density at radius 2 is 1.96 bits per heavy atom. The van der Waals surface area contributed by atoms with Crippen LogP contribution in [0.1, 0.15) is 58.3 Å². The lowest BCUT2D eigenvalue weighted by atomic mass is 9.72. The number of nitrogens with one attached hydrogen (secondary N) is 1. The second kappa shape index (κ2) is 7.46. The number of halogens is 2. The molecule has 0 saturated carbocycles. The number of primary amides is 1. The van der Waals surface area contributed by atoms with Gasteiger partial charge >= 0.3 is 0 Å². The maximum Gasteiger partial charge on any atom is 0.257 e. The van der Waals surface area contributed by atoms with Gasteiger partial charge in [-0.2, -0.15) is 0 Å². The zero-order valence-corrected chi connectivity index (χ0v) is 17.8. The Labute approximate surface area is 173 Å². The van der Waals surface area contributed by atoms with E-state index in [4.69, 9.17) is 28.9 Å². The summed E-state index contributed by atoms with van der Waals surface area (Å²) in [7, 11) is 0. The Morgan fingerprint density at radius 3 is 2.56 bits per heavy atom. The van der Waals surface area contributed by atoms with Crippen LogP contribution < -0.4 is 11.1 Å². The average Bonchev–Trinajstić information content (AvgIpc) is 2.90. The molecule has 3 N–H and O–H groups in total. The Balaban J connectivity index is 1.93. The van der Waals surface area contributed by atoms with E-state index in [2.05, 4.69) is 26.1 Å². The zero-order chi connectivity index (χ0) is 19.9. The minimum atomic E-state index is -0.515. The maximum atomic E-state index is 12.7. The number of carbonyl (C=O) groups excluding carboxylic acids is 2. The van der Waals surface area contributed by atoms with Crippen molar-refractivity contribution in [3.63, 3.8) is 0 Å². The van der Waals surface area contributed by atoms with Crippen LogP contribution in [0.4, 0.5) is 5.00 Å². The van der Waals surface area contributed by atoms with Gasteiger partial charge in [0.1, 0.15) is 5.00 Å². The van der Waals surface area contributed by atoms with Gasteiger partial charge < -0.3 is 11.1 Å². The molecule has 7 heteroatoms. The van der Waals surface area contributed by atoms with Gasteiger partial charge in [-0.1, -0.05) is 44.0 Å². The Hall–Kier alpha value is -1.56. The van der Waals surface area contributed by atoms with E-state index in [1.165, 1.54) is 17.4 Å². The van der Waals surface area contributed by atoms with Crippen LogP contribution in [0.25, 0.3) is 0 Å². The SMILES string of the molecule is CC(C)(C)[C@@H]1CCc2c(sc(NC(=O)c3ccc(Cl)cc3Cl)c2C(N)=O)C1. The number of hydrogen-bond acceptors (Lipinski definition) is 3. The quantitative estimate of drug-likeness (QED) is 0.676. The first-order valence-corrected chi connectivity index (χ1v) is 10.4. The largest absolute Gasteiger partial charge is 0.365 e. The normalized spacial score (nSPS) is 16.7. The zero-order valence-electron chi connectivity index (χ0n) is 15.5. The molecule has 1 aliphatic rings. The molecular formula is C20H22Cl2N2O2S. The number of rotatable bonds is 3. The fraction of sp³-hybridized carbons (Fsp3) is 0.400. The number of amides is 2. The van der Waals surface area contributed by atoms with Crippen LogP contribution in [0.15, 0.2) is 18.2 Å². The number of hydrogen-bond donors (Lipinski definition) is 2. The van der Waals surface area contributed by atoms with Crippen molar-refractivity contribution < 1.29 is 9.59 Å². The standard InChI is InChI=1S/C20H22Cl2N2O2S/c1-20(2,3)10-4-6-13-15(8-10)27-19(16(13)17(23)25)24-18(26)12-7-5-11(21)9-14(12)22/h5,7,9-10H,4,6,8H2,1-3H3,(H2,23,25)(H,24,26)/t10-/m1/s1. The predicted octanol–water partition coefficient (Wildman–Crippen LogP) is 5.56. The molecule has 0 aliphatic heterocycles. The Kier molecular flexibility index (Phi) is 5.57. The second-order valence-corrected chi connectivity index (χ2v) is 9.91. The average molecular weight is 425 g/mol. The minimum absolute atomic E-state index is 0.189. The van der Waals surface area contributed by atoms with Crippen LogP contribution in [0.5, 0.6) is 0 Å². The highest BCUT2D eigenvalue weighted by Gasteiger charge is 2.33. The van der Waals surface area contributed by atoms with Crippen LogP contribution in [0.2, 0.25) is 10.0 Å². The summed E-state index contributed by atoms with van der Waals surface area (Å²) < 4.78 is 0. The van der Waals surface area contributed by atoms with Gasteiger partial charge in [0.25, 0.3) is 11.8 Å². The van der Waals surface area contributed by atoms with Crippen LogP contribution in [0, 0.1) is 11.3 Å². The van der Waals surface area contributed by atoms with E-state index in [-0.39, 0.29) is 16.3 Å². The molecule has 0 saturated heterocycles. The van der Waals surface area contributed by atoms with E-state index < -0.39 is 5.91 Å². The second-order valence-electron chi connectivity index (χ2n) is 7.96. The van der Waals surface area contributed by atoms with Gasteiger partial charge in [0, 0.05) is 9.90 Å². The molecular weight excluding hydrogens is 403 g/mol. The van der Waals surface area contributed by atoms with Crippen LogP contribution in [0.3, 0.4) is 0 Å². The van der Waals surface area contributed by atoms with Crippen molar-refractivity contribution >= 4 is 51.4 Å². The van der Waals surface area contributed by atoms with E-state index in [1.807, 2.05) is 0 Å². The van der Waals surface area contributed by atoms with E-state index >= 15 is 0 Å². The van der Waals surface area contributed by atoms with E-state index in [0.29, 0.717) is 27.1 Å². The van der Waals surface area contributed by atoms with E-state index in [0.717, 1.165) is 29.7 Å². The number of thiophene rings is 1. The lowest BCUT2D eigenvalue weighted by Crippen LogP contribution is -2.27. The van der Waals surface area contributed by atoms with Crippen molar-refractivity contribution in [2.24, 2.45) is 17.1 Å². The summed E-state index contributed by atoms with van der Waals surface area (Å²) >= 11 is 13.5. The van der Waals surface area contributed by atoms with Gasteiger partial charge in [0.05, 0.1) is 16.1 Å². The first-order chi connectivity index (χ1) is 12.6. The molecule has 2 amide bonds. The summed E-state index contributed by atoms with van der Waals surface area (Å²) in [5, 5.41) is 4.04. The summed E-state index contributed by atoms with van der Waals surface area (Å²) in [6.07, 6.45) is 2.69. The van der Waals surface area contributed by atoms with Gasteiger partial charge in [-0.15, -0.1) is 11.3 Å². The smallest absolute Gasteiger partial charge is 0.257 e. The molecule has 0 fully saturated rings. The van der Waals surface area contributed by atoms with Gasteiger partial charge in [-0.3, -0.25) is 9.59 Å². The van der Waals surface area contributed by atoms with Crippen molar-refractivity contribution in [1.82, 2.24) is 0 Å². The molecule has 1 heterocycles. The molecule has 3 rings (SSSR count). The van der Waals surface area contributed by atoms with Crippen LogP contribution >= 0.6 is 34.5 Å². The summed E-state index contributed by atoms with van der Waals surface area (Å²) in [5.41, 5.74) is 7.54. The lowest BCUT2D eigenvalue weighted by Gasteiger charge is -2.33. The maximum absolute atomic E-state index is 12.7. The molecule has 1 aromatic carbocycles. The highest BCUT2D eigenvalue weighted by molar-refractivity contribution is 7.17. The summed E-state index contributed by atoms with van der Waals surface area (Å²) in [6.45, 7) is 6.70. The molecule has 1 aromatic heterocycles. The van der Waals surface area contributed by atoms with Gasteiger partial charge in [-0.25, -0.2) is 0 Å². The van der Waals surface area contributed by atoms with Crippen LogP contribution in [-0.4, -0.2) is 11.8 Å². The molecule has 0 bridgehead atoms. The van der Waals surface area contributed by atoms with Crippen LogP contribution in [-0.2, 0) is 12.8 Å². The highest BCUT2D eigenvalue weighted by Crippen LogP contribution is 2.44. The van der Waals surface area contributed by atoms with Crippen molar-refractivity contribution in [3.8, 4) is 0 Å². The molecule has 1 atom stereocenters. The third-order valence-corrected chi connectivity index (χ3v) is 6.86. The van der Waals surface area contributed by atoms with Crippen molar-refractivity contribution in [1.29, 1.82) is 0 Å². The van der Waals surface area contributed by atoms with E-state index in [9.17, 15) is 9.59 Å². The van der Waals surface area contributed by atoms with Crippen molar-refractivity contribution in [2.75, 3.05) is 5.32 Å². The first kappa shape index (κ1) is 20.2. The van der Waals surface area contributed by atoms with Gasteiger partial charge in [0.2, 0.25) is 0 Å². The molecule has 0 spiro atoms. The monoisotopic (exact) mass is 424 g/mol. The predicted molar refractivity (Wildman–Crippen MR) is 112 cm³/mol. The molecule has 27 heavy (non-hydrogen) atoms. The Bertz CT molecular complexity index is 915. The number of nitrogens with two attached hydrogens (primary N) is 1. The molecule has 1 aliphatic carbocycles. The molecule has 0 unspecified atom stereocenters. The fourth-order valence-corrected chi connectivity index (χ4v) is 5.34. The summed E-state index contributed by atoms with van der Waals surface area (Å²) in [5.74, 6) is -0.372. The highest BCUT2D eigenvalue weighted by atomic mass is 35.5. The lowest BCUT2D eigenvalue weighted by molar-refractivity contribution is 0.1000. The minimum Gasteiger partial charge on any atom is -0.365 e. The number of carbonyl (C=O) groups is 2. The molecule has 144 valence electrons. The molecule has 2 aromatic rings. The third kappa shape index (κ3) is 4.15. The molecule has 0 radical (unpaired) electrons.